The smallest absolute Gasteiger partial charge is 0.166 e. The van der Waals surface area contributed by atoms with Gasteiger partial charge in [0.25, 0.3) is 0 Å². The Labute approximate surface area is 278 Å². The number of ketones is 1. The Morgan fingerprint density at radius 3 is 1.89 bits per heavy atom. The number of halogens is 1. The summed E-state index contributed by atoms with van der Waals surface area (Å²) >= 11 is 0. The van der Waals surface area contributed by atoms with E-state index in [-0.39, 0.29) is 17.5 Å². The van der Waals surface area contributed by atoms with Gasteiger partial charge in [-0.3, -0.25) is 4.79 Å². The van der Waals surface area contributed by atoms with Gasteiger partial charge in [-0.1, -0.05) is 96.5 Å². The normalized spacial score (nSPS) is 15.3. The van der Waals surface area contributed by atoms with Crippen LogP contribution in [0.5, 0.6) is 11.5 Å². The number of rotatable bonds is 23. The summed E-state index contributed by atoms with van der Waals surface area (Å²) in [5.74, 6) is 1.18. The lowest BCUT2D eigenvalue weighted by atomic mass is 9.73. The van der Waals surface area contributed by atoms with Crippen molar-refractivity contribution in [3.05, 3.63) is 59.4 Å². The number of hydrogen-bond acceptors (Lipinski definition) is 5. The van der Waals surface area contributed by atoms with E-state index in [1.165, 1.54) is 82.8 Å². The van der Waals surface area contributed by atoms with Gasteiger partial charge in [0.1, 0.15) is 5.82 Å². The van der Waals surface area contributed by atoms with Gasteiger partial charge in [0, 0.05) is 11.5 Å². The second-order valence-electron chi connectivity index (χ2n) is 13.3. The van der Waals surface area contributed by atoms with E-state index in [4.69, 9.17) is 9.47 Å². The third kappa shape index (κ3) is 12.0. The maximum atomic E-state index is 13.3. The van der Waals surface area contributed by atoms with Crippen molar-refractivity contribution >= 4 is 5.78 Å². The molecule has 1 fully saturated rings. The lowest BCUT2D eigenvalue weighted by Crippen LogP contribution is -2.37. The van der Waals surface area contributed by atoms with E-state index in [2.05, 4.69) is 17.9 Å². The molecule has 2 aromatic carbocycles. The van der Waals surface area contributed by atoms with Crippen LogP contribution >= 0.6 is 0 Å². The monoisotopic (exact) mass is 634 g/mol. The molecule has 0 aliphatic carbocycles. The number of likely N-dealkylation sites (tertiary alicyclic amines) is 1. The first-order chi connectivity index (χ1) is 22.5. The van der Waals surface area contributed by atoms with E-state index in [9.17, 15) is 14.4 Å². The number of nitriles is 1. The molecule has 46 heavy (non-hydrogen) atoms. The average Bonchev–Trinajstić information content (AvgIpc) is 3.09. The van der Waals surface area contributed by atoms with Gasteiger partial charge in [-0.25, -0.2) is 4.39 Å². The maximum absolute atomic E-state index is 13.3. The van der Waals surface area contributed by atoms with Crippen LogP contribution in [0.1, 0.15) is 138 Å². The highest BCUT2D eigenvalue weighted by Crippen LogP contribution is 2.39. The van der Waals surface area contributed by atoms with Gasteiger partial charge < -0.3 is 14.4 Å². The summed E-state index contributed by atoms with van der Waals surface area (Å²) in [5.41, 5.74) is 1.08. The molecule has 1 atom stereocenters. The van der Waals surface area contributed by atoms with E-state index in [0.29, 0.717) is 17.1 Å². The molecule has 1 heterocycles. The molecule has 0 aromatic heterocycles. The van der Waals surface area contributed by atoms with Crippen LogP contribution in [0.25, 0.3) is 0 Å². The molecule has 0 bridgehead atoms. The van der Waals surface area contributed by atoms with Crippen molar-refractivity contribution in [2.75, 3.05) is 33.9 Å². The third-order valence-electron chi connectivity index (χ3n) is 10.0. The Balaban J connectivity index is 1.47. The molecular weight excluding hydrogens is 575 g/mol. The van der Waals surface area contributed by atoms with Crippen LogP contribution in [-0.4, -0.2) is 44.5 Å². The van der Waals surface area contributed by atoms with Crippen LogP contribution < -0.4 is 9.47 Å². The number of benzene rings is 2. The van der Waals surface area contributed by atoms with E-state index >= 15 is 0 Å². The van der Waals surface area contributed by atoms with E-state index < -0.39 is 5.41 Å². The van der Waals surface area contributed by atoms with Crippen LogP contribution in [0, 0.1) is 23.1 Å². The van der Waals surface area contributed by atoms with Crippen molar-refractivity contribution in [3.8, 4) is 17.6 Å². The lowest BCUT2D eigenvalue weighted by Gasteiger charge is -2.32. The molecule has 0 radical (unpaired) electrons. The molecule has 1 unspecified atom stereocenters. The van der Waals surface area contributed by atoms with Crippen molar-refractivity contribution in [3.63, 3.8) is 0 Å². The minimum atomic E-state index is -0.549. The number of piperidine rings is 1. The Morgan fingerprint density at radius 1 is 0.804 bits per heavy atom. The second-order valence-corrected chi connectivity index (χ2v) is 13.3. The molecule has 3 rings (SSSR count). The number of carbonyl (C=O) groups excluding carboxylic acids is 1. The van der Waals surface area contributed by atoms with Gasteiger partial charge in [-0.05, 0) is 93.7 Å². The number of carbonyl (C=O) groups is 1. The summed E-state index contributed by atoms with van der Waals surface area (Å²) < 4.78 is 24.4. The average molecular weight is 635 g/mol. The van der Waals surface area contributed by atoms with Crippen LogP contribution in [0.15, 0.2) is 42.5 Å². The molecule has 6 heteroatoms. The summed E-state index contributed by atoms with van der Waals surface area (Å²) in [7, 11) is 3.29. The van der Waals surface area contributed by atoms with Crippen LogP contribution in [0.3, 0.4) is 0 Å². The second kappa shape index (κ2) is 21.1. The van der Waals surface area contributed by atoms with Crippen molar-refractivity contribution in [2.24, 2.45) is 5.92 Å². The fraction of sp³-hybridized carbons (Fsp3) is 0.650. The molecule has 0 spiro atoms. The van der Waals surface area contributed by atoms with Gasteiger partial charge in [0.05, 0.1) is 25.7 Å². The van der Waals surface area contributed by atoms with Crippen LogP contribution in [0.2, 0.25) is 0 Å². The predicted molar refractivity (Wildman–Crippen MR) is 186 cm³/mol. The molecule has 2 aromatic rings. The van der Waals surface area contributed by atoms with E-state index in [1.807, 2.05) is 18.2 Å². The van der Waals surface area contributed by atoms with Gasteiger partial charge in [-0.15, -0.1) is 0 Å². The maximum Gasteiger partial charge on any atom is 0.166 e. The number of hydrogen-bond donors (Lipinski definition) is 0. The zero-order valence-electron chi connectivity index (χ0n) is 29.0. The van der Waals surface area contributed by atoms with Crippen molar-refractivity contribution < 1.29 is 18.7 Å². The standard InChI is InChI=1S/C40H59FN2O3/c1-4-5-6-7-8-9-10-11-12-13-14-15-26-40(32-42,35-20-23-37(45-2)38(31-35)46-3)27-16-17-28-43-29-24-34(25-30-43)39(44)33-18-21-36(41)22-19-33/h18-23,31,34H,4-17,24-30H2,1-3H3. The zero-order chi connectivity index (χ0) is 33.0. The molecule has 1 saturated heterocycles. The van der Waals surface area contributed by atoms with Crippen LogP contribution in [-0.2, 0) is 5.41 Å². The highest BCUT2D eigenvalue weighted by molar-refractivity contribution is 5.97. The largest absolute Gasteiger partial charge is 0.493 e. The van der Waals surface area contributed by atoms with Crippen molar-refractivity contribution in [1.29, 1.82) is 5.26 Å². The number of ether oxygens (including phenoxy) is 2. The number of nitrogens with zero attached hydrogens (tertiary/aromatic N) is 2. The van der Waals surface area contributed by atoms with Gasteiger partial charge in [0.2, 0.25) is 0 Å². The SMILES string of the molecule is CCCCCCCCCCCCCCC(C#N)(CCCCN1CCC(C(=O)c2ccc(F)cc2)CC1)c1ccc(OC)c(OC)c1. The molecule has 254 valence electrons. The summed E-state index contributed by atoms with van der Waals surface area (Å²) in [4.78, 5) is 15.3. The van der Waals surface area contributed by atoms with Gasteiger partial charge in [0.15, 0.2) is 17.3 Å². The summed E-state index contributed by atoms with van der Waals surface area (Å²) in [5, 5.41) is 10.7. The quantitative estimate of drug-likeness (QED) is 0.0899. The first-order valence-electron chi connectivity index (χ1n) is 18.1. The zero-order valence-corrected chi connectivity index (χ0v) is 29.0. The van der Waals surface area contributed by atoms with Gasteiger partial charge >= 0.3 is 0 Å². The molecular formula is C40H59FN2O3. The fourth-order valence-corrected chi connectivity index (χ4v) is 7.02. The predicted octanol–water partition coefficient (Wildman–Crippen LogP) is 10.5. The minimum absolute atomic E-state index is 0.00792. The Morgan fingerprint density at radius 2 is 1.35 bits per heavy atom. The number of unbranched alkanes of at least 4 members (excludes halogenated alkanes) is 12. The topological polar surface area (TPSA) is 62.6 Å². The Hall–Kier alpha value is -2.91. The number of Topliss-reactive ketones (excluding diaryl/α,β-unsaturated/α-hetero) is 1. The molecule has 1 aliphatic rings. The minimum Gasteiger partial charge on any atom is -0.493 e. The number of methoxy groups -OCH3 is 2. The Bertz CT molecular complexity index is 1190. The summed E-state index contributed by atoms with van der Waals surface area (Å²) in [6.45, 7) is 5.04. The molecule has 0 amide bonds. The van der Waals surface area contributed by atoms with E-state index in [0.717, 1.165) is 70.1 Å². The lowest BCUT2D eigenvalue weighted by molar-refractivity contribution is 0.0838. The van der Waals surface area contributed by atoms with Gasteiger partial charge in [-0.2, -0.15) is 5.26 Å². The van der Waals surface area contributed by atoms with E-state index in [1.54, 1.807) is 26.4 Å². The first-order valence-corrected chi connectivity index (χ1v) is 18.1. The highest BCUT2D eigenvalue weighted by atomic mass is 19.1. The molecule has 0 saturated carbocycles. The summed E-state index contributed by atoms with van der Waals surface area (Å²) in [6.07, 6.45) is 20.9. The van der Waals surface area contributed by atoms with Crippen molar-refractivity contribution in [2.45, 2.75) is 128 Å². The highest BCUT2D eigenvalue weighted by Gasteiger charge is 2.33. The third-order valence-corrected chi connectivity index (χ3v) is 10.0. The fourth-order valence-electron chi connectivity index (χ4n) is 7.02. The molecule has 5 nitrogen and oxygen atoms in total. The van der Waals surface area contributed by atoms with Crippen molar-refractivity contribution in [1.82, 2.24) is 4.90 Å². The van der Waals surface area contributed by atoms with Crippen LogP contribution in [0.4, 0.5) is 4.39 Å². The summed E-state index contributed by atoms with van der Waals surface area (Å²) in [6, 6.07) is 14.7. The Kier molecular flexibility index (Phi) is 17.2. The first kappa shape index (κ1) is 37.5. The molecule has 1 aliphatic heterocycles. The molecule has 0 N–H and O–H groups in total.